The molecule has 0 aromatic heterocycles. The Morgan fingerprint density at radius 1 is 0.792 bits per heavy atom. The molecular weight excluding hydrogens is 684 g/mol. The summed E-state index contributed by atoms with van der Waals surface area (Å²) in [5.41, 5.74) is 0.771. The van der Waals surface area contributed by atoms with E-state index in [0.717, 1.165) is 50.5 Å². The van der Waals surface area contributed by atoms with Crippen LogP contribution < -0.4 is 0 Å². The van der Waals surface area contributed by atoms with Gasteiger partial charge in [0.15, 0.2) is 6.29 Å². The predicted molar refractivity (Wildman–Crippen MR) is 191 cm³/mol. The van der Waals surface area contributed by atoms with Gasteiger partial charge in [0.1, 0.15) is 42.7 Å². The van der Waals surface area contributed by atoms with E-state index in [4.69, 9.17) is 18.9 Å². The monoisotopic (exact) mass is 748 g/mol. The molecule has 0 unspecified atom stereocenters. The van der Waals surface area contributed by atoms with Crippen LogP contribution >= 0.6 is 0 Å². The van der Waals surface area contributed by atoms with Gasteiger partial charge in [0, 0.05) is 5.92 Å². The number of carbonyl (C=O) groups excluding carboxylic acids is 1. The zero-order valence-electron chi connectivity index (χ0n) is 32.3. The molecule has 300 valence electrons. The molecule has 6 fully saturated rings. The molecule has 2 saturated heterocycles. The zero-order chi connectivity index (χ0) is 38.6. The van der Waals surface area contributed by atoms with Gasteiger partial charge >= 0.3 is 5.97 Å². The van der Waals surface area contributed by atoms with E-state index >= 15 is 0 Å². The van der Waals surface area contributed by atoms with Gasteiger partial charge in [-0.25, -0.2) is 0 Å². The number of fused-ring (bicyclic) bond motifs is 7. The van der Waals surface area contributed by atoms with E-state index in [0.29, 0.717) is 24.7 Å². The highest BCUT2D eigenvalue weighted by molar-refractivity contribution is 5.80. The average Bonchev–Trinajstić information content (AvgIpc) is 3.39. The summed E-state index contributed by atoms with van der Waals surface area (Å²) < 4.78 is 23.8. The van der Waals surface area contributed by atoms with Crippen LogP contribution in [0.5, 0.6) is 0 Å². The Bertz CT molecular complexity index is 1460. The normalized spacial score (nSPS) is 53.5. The van der Waals surface area contributed by atoms with Gasteiger partial charge in [0.05, 0.1) is 24.7 Å². The summed E-state index contributed by atoms with van der Waals surface area (Å²) in [5.74, 6) is 0.118. The van der Waals surface area contributed by atoms with E-state index in [1.165, 1.54) is 5.57 Å². The van der Waals surface area contributed by atoms with E-state index in [-0.39, 0.29) is 39.6 Å². The molecule has 18 atom stereocenters. The van der Waals surface area contributed by atoms with E-state index < -0.39 is 79.9 Å². The van der Waals surface area contributed by atoms with Crippen molar-refractivity contribution in [2.45, 2.75) is 161 Å². The van der Waals surface area contributed by atoms with Gasteiger partial charge in [-0.3, -0.25) is 4.79 Å². The minimum Gasteiger partial charge on any atom is -0.432 e. The summed E-state index contributed by atoms with van der Waals surface area (Å²) in [6, 6.07) is 0. The zero-order valence-corrected chi connectivity index (χ0v) is 32.3. The first kappa shape index (κ1) is 39.8. The van der Waals surface area contributed by atoms with Crippen LogP contribution in [-0.4, -0.2) is 116 Å². The van der Waals surface area contributed by atoms with Crippen molar-refractivity contribution in [2.24, 2.45) is 50.7 Å². The largest absolute Gasteiger partial charge is 0.432 e. The van der Waals surface area contributed by atoms with E-state index in [1.807, 2.05) is 0 Å². The van der Waals surface area contributed by atoms with Crippen molar-refractivity contribution in [1.29, 1.82) is 0 Å². The Balaban J connectivity index is 1.17. The number of hydrogen-bond donors (Lipinski definition) is 7. The van der Waals surface area contributed by atoms with Crippen LogP contribution in [0.4, 0.5) is 0 Å². The van der Waals surface area contributed by atoms with Crippen molar-refractivity contribution >= 4 is 5.97 Å². The summed E-state index contributed by atoms with van der Waals surface area (Å²) in [6.07, 6.45) is -2.39. The molecule has 2 aliphatic heterocycles. The first-order valence-electron chi connectivity index (χ1n) is 20.0. The number of rotatable bonds is 6. The minimum atomic E-state index is -1.67. The molecule has 0 radical (unpaired) electrons. The quantitative estimate of drug-likeness (QED) is 0.155. The topological polar surface area (TPSA) is 196 Å². The van der Waals surface area contributed by atoms with Crippen molar-refractivity contribution in [2.75, 3.05) is 13.2 Å². The molecule has 7 N–H and O–H groups in total. The maximum Gasteiger partial charge on any atom is 0.315 e. The molecule has 7 aliphatic rings. The Morgan fingerprint density at radius 3 is 2.08 bits per heavy atom. The summed E-state index contributed by atoms with van der Waals surface area (Å²) in [5, 5.41) is 71.9. The van der Waals surface area contributed by atoms with Gasteiger partial charge in [0.25, 0.3) is 0 Å². The maximum absolute atomic E-state index is 14.5. The number of esters is 1. The summed E-state index contributed by atoms with van der Waals surface area (Å²) in [7, 11) is 0. The lowest BCUT2D eigenvalue weighted by atomic mass is 9.33. The second-order valence-corrected chi connectivity index (χ2v) is 19.2. The molecule has 0 aromatic rings. The van der Waals surface area contributed by atoms with E-state index in [1.54, 1.807) is 0 Å². The molecule has 0 bridgehead atoms. The van der Waals surface area contributed by atoms with Crippen LogP contribution in [0.1, 0.15) is 99.3 Å². The van der Waals surface area contributed by atoms with Crippen molar-refractivity contribution in [3.63, 3.8) is 0 Å². The maximum atomic E-state index is 14.5. The Morgan fingerprint density at radius 2 is 1.42 bits per heavy atom. The SMILES string of the molecule is C=C1[C@H]2C3=CC[C@@H]4[C@@]5(C)CC[C@H](O[C@H]6O[C@H](CO)[C@@H](O)[C@@H]6O)C(C)(C)[C@@H]5CC[C@@]4(C)[C@]3(C)CC[C@@]2(C(=O)O[C@@H]2O[C@H](CO)[C@@H](O)[C@H](O)[C@H]2O)CC[C@H]1C. The van der Waals surface area contributed by atoms with Gasteiger partial charge < -0.3 is 54.7 Å². The fourth-order valence-corrected chi connectivity index (χ4v) is 13.2. The van der Waals surface area contributed by atoms with Crippen LogP contribution in [0.2, 0.25) is 0 Å². The van der Waals surface area contributed by atoms with Gasteiger partial charge in [-0.15, -0.1) is 0 Å². The standard InChI is InChI=1S/C41H64O12/c1-20-10-15-41(36(49)53-35-33(48)31(46)29(44)23(18-42)51-35)17-16-39(6)22(28(41)21(20)2)8-9-26-38(5)13-12-27(37(3,4)25(38)11-14-40(26,39)7)52-34-32(47)30(45)24(19-43)50-34/h8,20,23-35,42-48H,2,9-19H2,1,3-7H3/t20-,23-,24-,25+,26-,27+,28+,29-,30-,31+,32+,33-,34-,35+,38+,39-,40-,41+/m1/s1. The lowest BCUT2D eigenvalue weighted by Gasteiger charge is -2.71. The minimum absolute atomic E-state index is 0.0167. The molecule has 12 heteroatoms. The van der Waals surface area contributed by atoms with E-state index in [2.05, 4.69) is 54.2 Å². The summed E-state index contributed by atoms with van der Waals surface area (Å²) in [4.78, 5) is 14.5. The number of aliphatic hydroxyl groups is 7. The molecule has 12 nitrogen and oxygen atoms in total. The molecule has 0 spiro atoms. The third kappa shape index (κ3) is 5.62. The van der Waals surface area contributed by atoms with Gasteiger partial charge in [-0.2, -0.15) is 0 Å². The average molecular weight is 749 g/mol. The molecule has 0 amide bonds. The van der Waals surface area contributed by atoms with Crippen LogP contribution in [0, 0.1) is 50.7 Å². The second-order valence-electron chi connectivity index (χ2n) is 19.2. The molecule has 53 heavy (non-hydrogen) atoms. The van der Waals surface area contributed by atoms with E-state index in [9.17, 15) is 40.5 Å². The molecule has 7 rings (SSSR count). The highest BCUT2D eigenvalue weighted by Gasteiger charge is 2.70. The highest BCUT2D eigenvalue weighted by atomic mass is 16.7. The van der Waals surface area contributed by atoms with Crippen LogP contribution in [-0.2, 0) is 23.7 Å². The third-order valence-corrected chi connectivity index (χ3v) is 16.7. The number of allylic oxidation sites excluding steroid dienone is 3. The Hall–Kier alpha value is -1.45. The molecule has 0 aromatic carbocycles. The van der Waals surface area contributed by atoms with Crippen LogP contribution in [0.15, 0.2) is 23.8 Å². The smallest absolute Gasteiger partial charge is 0.315 e. The molecule has 5 aliphatic carbocycles. The predicted octanol–water partition coefficient (Wildman–Crippen LogP) is 2.73. The number of hydrogen-bond acceptors (Lipinski definition) is 12. The lowest BCUT2D eigenvalue weighted by molar-refractivity contribution is -0.297. The Labute approximate surface area is 313 Å². The molecule has 4 saturated carbocycles. The van der Waals surface area contributed by atoms with Gasteiger partial charge in [-0.05, 0) is 97.2 Å². The Kier molecular flexibility index (Phi) is 10.2. The highest BCUT2D eigenvalue weighted by Crippen LogP contribution is 2.76. The number of aliphatic hydroxyl groups excluding tert-OH is 7. The van der Waals surface area contributed by atoms with Crippen molar-refractivity contribution in [3.8, 4) is 0 Å². The second kappa shape index (κ2) is 13.6. The fourth-order valence-electron chi connectivity index (χ4n) is 13.2. The number of carbonyl (C=O) groups is 1. The lowest BCUT2D eigenvalue weighted by Crippen LogP contribution is -2.65. The first-order valence-corrected chi connectivity index (χ1v) is 20.0. The third-order valence-electron chi connectivity index (χ3n) is 16.7. The van der Waals surface area contributed by atoms with Crippen molar-refractivity contribution in [3.05, 3.63) is 23.8 Å². The molecule has 2 heterocycles. The summed E-state index contributed by atoms with van der Waals surface area (Å²) >= 11 is 0. The van der Waals surface area contributed by atoms with Crippen LogP contribution in [0.3, 0.4) is 0 Å². The van der Waals surface area contributed by atoms with Crippen LogP contribution in [0.25, 0.3) is 0 Å². The van der Waals surface area contributed by atoms with Gasteiger partial charge in [0.2, 0.25) is 6.29 Å². The number of ether oxygens (including phenoxy) is 4. The molecular formula is C41H64O12. The van der Waals surface area contributed by atoms with Crippen molar-refractivity contribution < 1.29 is 59.5 Å². The van der Waals surface area contributed by atoms with Crippen molar-refractivity contribution in [1.82, 2.24) is 0 Å². The van der Waals surface area contributed by atoms with Gasteiger partial charge in [-0.1, -0.05) is 65.3 Å². The summed E-state index contributed by atoms with van der Waals surface area (Å²) in [6.45, 7) is 17.6. The fraction of sp³-hybridized carbons (Fsp3) is 0.878. The first-order chi connectivity index (χ1) is 24.8.